The summed E-state index contributed by atoms with van der Waals surface area (Å²) < 4.78 is 1.00. The Bertz CT molecular complexity index is 244. The normalized spacial score (nSPS) is 23.5. The third-order valence-corrected chi connectivity index (χ3v) is 5.06. The summed E-state index contributed by atoms with van der Waals surface area (Å²) in [7, 11) is 0. The van der Waals surface area contributed by atoms with Crippen molar-refractivity contribution in [2.24, 2.45) is 0 Å². The molecular weight excluding hydrogens is 251 g/mol. The molecule has 0 aliphatic heterocycles. The first kappa shape index (κ1) is 7.58. The van der Waals surface area contributed by atoms with E-state index in [-0.39, 0.29) is 0 Å². The van der Waals surface area contributed by atoms with E-state index in [1.807, 2.05) is 6.33 Å². The molecule has 1 aliphatic carbocycles. The van der Waals surface area contributed by atoms with E-state index in [9.17, 15) is 0 Å². The van der Waals surface area contributed by atoms with Crippen LogP contribution in [0.5, 0.6) is 0 Å². The van der Waals surface area contributed by atoms with Crippen LogP contribution >= 0.6 is 0 Å². The molecule has 2 nitrogen and oxygen atoms in total. The first-order valence-corrected chi connectivity index (χ1v) is 7.29. The summed E-state index contributed by atoms with van der Waals surface area (Å²) in [6, 6.07) is 0. The van der Waals surface area contributed by atoms with Gasteiger partial charge in [-0.15, -0.1) is 0 Å². The monoisotopic (exact) mass is 263 g/mol. The van der Waals surface area contributed by atoms with E-state index < -0.39 is 0 Å². The van der Waals surface area contributed by atoms with Crippen molar-refractivity contribution in [3.05, 3.63) is 17.7 Å². The van der Waals surface area contributed by atoms with Gasteiger partial charge in [0.2, 0.25) is 0 Å². The van der Waals surface area contributed by atoms with Crippen LogP contribution < -0.4 is 21.2 Å². The SMILES string of the molecule is C[I-]C1CCc2nc[nH]c2C1. The van der Waals surface area contributed by atoms with E-state index >= 15 is 0 Å². The van der Waals surface area contributed by atoms with Gasteiger partial charge in [-0.1, -0.05) is 0 Å². The molecule has 0 amide bonds. The summed E-state index contributed by atoms with van der Waals surface area (Å²) >= 11 is 0.432. The minimum atomic E-state index is 0.432. The third-order valence-electron chi connectivity index (χ3n) is 2.24. The summed E-state index contributed by atoms with van der Waals surface area (Å²) in [5.74, 6) is 0. The summed E-state index contributed by atoms with van der Waals surface area (Å²) in [6.45, 7) is 0. The average Bonchev–Trinajstić information content (AvgIpc) is 2.50. The Hall–Kier alpha value is -0.0600. The number of hydrogen-bond donors (Lipinski definition) is 1. The van der Waals surface area contributed by atoms with Crippen molar-refractivity contribution in [3.8, 4) is 0 Å². The molecule has 0 bridgehead atoms. The summed E-state index contributed by atoms with van der Waals surface area (Å²) in [4.78, 5) is 9.89. The van der Waals surface area contributed by atoms with Gasteiger partial charge in [0.15, 0.2) is 0 Å². The van der Waals surface area contributed by atoms with Gasteiger partial charge >= 0.3 is 77.0 Å². The molecule has 0 saturated heterocycles. The Morgan fingerprint density at radius 1 is 1.73 bits per heavy atom. The number of alkyl halides is 2. The number of hydrogen-bond acceptors (Lipinski definition) is 1. The number of aromatic amines is 1. The van der Waals surface area contributed by atoms with Crippen LogP contribution in [0.4, 0.5) is 0 Å². The Balaban J connectivity index is 2.18. The Kier molecular flexibility index (Phi) is 2.16. The van der Waals surface area contributed by atoms with Gasteiger partial charge in [0, 0.05) is 0 Å². The number of fused-ring (bicyclic) bond motifs is 1. The Morgan fingerprint density at radius 2 is 2.64 bits per heavy atom. The molecule has 1 aromatic heterocycles. The number of imidazole rings is 1. The second-order valence-corrected chi connectivity index (χ2v) is 5.89. The minimum absolute atomic E-state index is 0.432. The third kappa shape index (κ3) is 1.43. The van der Waals surface area contributed by atoms with Gasteiger partial charge in [-0.25, -0.2) is 0 Å². The quantitative estimate of drug-likeness (QED) is 0.460. The van der Waals surface area contributed by atoms with Crippen LogP contribution in [0.1, 0.15) is 17.8 Å². The molecule has 2 rings (SSSR count). The van der Waals surface area contributed by atoms with Crippen LogP contribution in [-0.4, -0.2) is 18.8 Å². The molecule has 1 heterocycles. The molecule has 0 spiro atoms. The fourth-order valence-corrected chi connectivity index (χ4v) is 3.36. The van der Waals surface area contributed by atoms with E-state index in [1.165, 1.54) is 30.7 Å². The first-order chi connectivity index (χ1) is 5.40. The van der Waals surface area contributed by atoms with Crippen molar-refractivity contribution in [1.82, 2.24) is 9.97 Å². The second kappa shape index (κ2) is 3.13. The van der Waals surface area contributed by atoms with Crippen LogP contribution in [-0.2, 0) is 12.8 Å². The van der Waals surface area contributed by atoms with E-state index in [0.29, 0.717) is 21.2 Å². The van der Waals surface area contributed by atoms with Crippen LogP contribution in [0.15, 0.2) is 6.33 Å². The molecule has 1 aromatic rings. The van der Waals surface area contributed by atoms with Crippen molar-refractivity contribution >= 4 is 0 Å². The van der Waals surface area contributed by atoms with Gasteiger partial charge in [-0.05, 0) is 0 Å². The van der Waals surface area contributed by atoms with E-state index in [0.717, 1.165) is 3.92 Å². The van der Waals surface area contributed by atoms with Gasteiger partial charge in [0.1, 0.15) is 0 Å². The van der Waals surface area contributed by atoms with Gasteiger partial charge < -0.3 is 0 Å². The first-order valence-electron chi connectivity index (χ1n) is 3.89. The summed E-state index contributed by atoms with van der Waals surface area (Å²) in [6.07, 6.45) is 5.68. The van der Waals surface area contributed by atoms with Crippen molar-refractivity contribution in [3.63, 3.8) is 0 Å². The second-order valence-electron chi connectivity index (χ2n) is 2.89. The van der Waals surface area contributed by atoms with Crippen molar-refractivity contribution in [2.75, 3.05) is 4.93 Å². The van der Waals surface area contributed by atoms with Crippen molar-refractivity contribution in [2.45, 2.75) is 23.2 Å². The van der Waals surface area contributed by atoms with Gasteiger partial charge in [-0.3, -0.25) is 0 Å². The van der Waals surface area contributed by atoms with E-state index in [2.05, 4.69) is 14.9 Å². The molecule has 1 atom stereocenters. The van der Waals surface area contributed by atoms with E-state index in [4.69, 9.17) is 0 Å². The van der Waals surface area contributed by atoms with Crippen LogP contribution in [0, 0.1) is 0 Å². The Morgan fingerprint density at radius 3 is 3.45 bits per heavy atom. The number of nitrogens with one attached hydrogen (secondary N) is 1. The number of rotatable bonds is 1. The molecule has 0 saturated carbocycles. The zero-order valence-electron chi connectivity index (χ0n) is 6.60. The number of nitrogens with zero attached hydrogens (tertiary/aromatic N) is 1. The van der Waals surface area contributed by atoms with Gasteiger partial charge in [-0.2, -0.15) is 0 Å². The number of aromatic nitrogens is 2. The standard InChI is InChI=1S/C8H12IN2/c1-9-6-2-3-7-8(4-6)11-5-10-7/h5-6H,2-4H2,1H3,(H,10,11)/q-1. The van der Waals surface area contributed by atoms with Gasteiger partial charge in [0.05, 0.1) is 0 Å². The Labute approximate surface area is 77.1 Å². The molecule has 0 aromatic carbocycles. The van der Waals surface area contributed by atoms with Crippen molar-refractivity contribution in [1.29, 1.82) is 0 Å². The molecule has 1 aliphatic rings. The van der Waals surface area contributed by atoms with Crippen LogP contribution in [0.2, 0.25) is 0 Å². The molecule has 0 radical (unpaired) electrons. The number of H-pyrrole nitrogens is 1. The molecule has 1 N–H and O–H groups in total. The predicted octanol–water partition coefficient (Wildman–Crippen LogP) is -2.01. The molecule has 11 heavy (non-hydrogen) atoms. The molecule has 62 valence electrons. The summed E-state index contributed by atoms with van der Waals surface area (Å²) in [5, 5.41) is 0. The fourth-order valence-electron chi connectivity index (χ4n) is 1.54. The zero-order valence-corrected chi connectivity index (χ0v) is 8.76. The van der Waals surface area contributed by atoms with E-state index in [1.54, 1.807) is 0 Å². The van der Waals surface area contributed by atoms with Crippen molar-refractivity contribution < 1.29 is 21.2 Å². The van der Waals surface area contributed by atoms with Gasteiger partial charge in [0.25, 0.3) is 0 Å². The maximum atomic E-state index is 4.28. The average molecular weight is 263 g/mol. The zero-order chi connectivity index (χ0) is 7.68. The molecule has 0 fully saturated rings. The molecule has 1 unspecified atom stereocenters. The number of halogens is 1. The summed E-state index contributed by atoms with van der Waals surface area (Å²) in [5.41, 5.74) is 2.72. The van der Waals surface area contributed by atoms with Crippen LogP contribution in [0.25, 0.3) is 0 Å². The fraction of sp³-hybridized carbons (Fsp3) is 0.625. The maximum absolute atomic E-state index is 4.28. The molecule has 3 heteroatoms. The topological polar surface area (TPSA) is 28.7 Å². The predicted molar refractivity (Wildman–Crippen MR) is 40.3 cm³/mol. The van der Waals surface area contributed by atoms with Crippen LogP contribution in [0.3, 0.4) is 0 Å². The number of aryl methyl sites for hydroxylation is 1. The molecular formula is C8H12IN2-.